The number of aromatic nitrogens is 1. The molecule has 0 saturated heterocycles. The Bertz CT molecular complexity index is 281. The molecule has 1 aromatic heterocycles. The fourth-order valence-corrected chi connectivity index (χ4v) is 1.62. The average molecular weight is 225 g/mol. The predicted molar refractivity (Wildman–Crippen MR) is 63.1 cm³/mol. The van der Waals surface area contributed by atoms with Crippen LogP contribution in [0.2, 0.25) is 0 Å². The lowest BCUT2D eigenvalue weighted by molar-refractivity contribution is 0.568. The lowest BCUT2D eigenvalue weighted by atomic mass is 10.3. The van der Waals surface area contributed by atoms with Gasteiger partial charge in [-0.1, -0.05) is 17.8 Å². The van der Waals surface area contributed by atoms with Gasteiger partial charge >= 0.3 is 0 Å². The molecule has 0 aromatic carbocycles. The lowest BCUT2D eigenvalue weighted by Gasteiger charge is -2.12. The number of pyridine rings is 1. The second kappa shape index (κ2) is 7.39. The minimum atomic E-state index is 0.00575. The SMILES string of the molecule is NCC(NCCc1ccccn1)SC=O. The first-order valence-electron chi connectivity index (χ1n) is 4.79. The zero-order valence-electron chi connectivity index (χ0n) is 8.43. The minimum absolute atomic E-state index is 0.00575. The smallest absolute Gasteiger partial charge is 0.177 e. The predicted octanol–water partition coefficient (Wildman–Crippen LogP) is 0.422. The number of thioether (sulfide) groups is 1. The van der Waals surface area contributed by atoms with E-state index >= 15 is 0 Å². The molecule has 0 spiro atoms. The van der Waals surface area contributed by atoms with Gasteiger partial charge in [0.2, 0.25) is 0 Å². The van der Waals surface area contributed by atoms with E-state index in [1.54, 1.807) is 6.20 Å². The molecule has 1 atom stereocenters. The summed E-state index contributed by atoms with van der Waals surface area (Å²) in [6, 6.07) is 5.83. The normalized spacial score (nSPS) is 12.3. The minimum Gasteiger partial charge on any atom is -0.328 e. The Morgan fingerprint density at radius 3 is 3.07 bits per heavy atom. The molecule has 1 heterocycles. The van der Waals surface area contributed by atoms with Crippen molar-refractivity contribution < 1.29 is 4.79 Å². The third kappa shape index (κ3) is 4.92. The second-order valence-corrected chi connectivity index (χ2v) is 4.02. The van der Waals surface area contributed by atoms with Crippen LogP contribution in [-0.4, -0.2) is 29.1 Å². The van der Waals surface area contributed by atoms with Crippen LogP contribution in [0.25, 0.3) is 0 Å². The zero-order chi connectivity index (χ0) is 10.9. The molecule has 0 amide bonds. The van der Waals surface area contributed by atoms with Crippen molar-refractivity contribution in [2.75, 3.05) is 13.1 Å². The Balaban J connectivity index is 2.23. The van der Waals surface area contributed by atoms with Crippen molar-refractivity contribution in [3.8, 4) is 0 Å². The Morgan fingerprint density at radius 1 is 1.60 bits per heavy atom. The molecule has 0 aliphatic heterocycles. The van der Waals surface area contributed by atoms with Gasteiger partial charge in [-0.25, -0.2) is 0 Å². The van der Waals surface area contributed by atoms with Gasteiger partial charge in [0.15, 0.2) is 5.62 Å². The number of carbonyl (C=O) groups excluding carboxylic acids is 1. The molecular weight excluding hydrogens is 210 g/mol. The quantitative estimate of drug-likeness (QED) is 0.520. The van der Waals surface area contributed by atoms with Crippen molar-refractivity contribution in [1.29, 1.82) is 0 Å². The number of nitrogens with one attached hydrogen (secondary N) is 1. The average Bonchev–Trinajstić information content (AvgIpc) is 2.29. The van der Waals surface area contributed by atoms with Gasteiger partial charge in [-0.05, 0) is 12.1 Å². The van der Waals surface area contributed by atoms with Gasteiger partial charge in [-0.2, -0.15) is 0 Å². The van der Waals surface area contributed by atoms with Crippen molar-refractivity contribution in [3.63, 3.8) is 0 Å². The first kappa shape index (κ1) is 12.2. The summed E-state index contributed by atoms with van der Waals surface area (Å²) in [4.78, 5) is 14.5. The van der Waals surface area contributed by atoms with Crippen LogP contribution in [0.5, 0.6) is 0 Å². The van der Waals surface area contributed by atoms with E-state index in [4.69, 9.17) is 5.73 Å². The van der Waals surface area contributed by atoms with Crippen LogP contribution in [0, 0.1) is 0 Å². The van der Waals surface area contributed by atoms with Crippen LogP contribution >= 0.6 is 11.8 Å². The van der Waals surface area contributed by atoms with Gasteiger partial charge < -0.3 is 11.1 Å². The molecule has 0 aliphatic carbocycles. The molecule has 0 fully saturated rings. The summed E-state index contributed by atoms with van der Waals surface area (Å²) in [5.41, 5.74) is 7.33. The van der Waals surface area contributed by atoms with Crippen LogP contribution in [0.15, 0.2) is 24.4 Å². The van der Waals surface area contributed by atoms with Crippen molar-refractivity contribution in [2.24, 2.45) is 5.73 Å². The first-order valence-corrected chi connectivity index (χ1v) is 5.73. The number of hydrogen-bond donors (Lipinski definition) is 2. The van der Waals surface area contributed by atoms with E-state index in [1.165, 1.54) is 11.8 Å². The van der Waals surface area contributed by atoms with Gasteiger partial charge in [-0.3, -0.25) is 9.78 Å². The number of hydrogen-bond acceptors (Lipinski definition) is 5. The van der Waals surface area contributed by atoms with E-state index in [0.29, 0.717) is 6.54 Å². The molecule has 0 aliphatic rings. The largest absolute Gasteiger partial charge is 0.328 e. The summed E-state index contributed by atoms with van der Waals surface area (Å²) in [6.07, 6.45) is 2.62. The van der Waals surface area contributed by atoms with Gasteiger partial charge in [0, 0.05) is 31.4 Å². The maximum Gasteiger partial charge on any atom is 0.177 e. The van der Waals surface area contributed by atoms with Gasteiger partial charge in [0.05, 0.1) is 5.37 Å². The Kier molecular flexibility index (Phi) is 5.99. The number of nitrogens with two attached hydrogens (primary N) is 1. The fraction of sp³-hybridized carbons (Fsp3) is 0.400. The highest BCUT2D eigenvalue weighted by Gasteiger charge is 2.04. The fourth-order valence-electron chi connectivity index (χ4n) is 1.16. The molecule has 4 nitrogen and oxygen atoms in total. The molecule has 82 valence electrons. The highest BCUT2D eigenvalue weighted by atomic mass is 32.2. The Labute approximate surface area is 93.7 Å². The van der Waals surface area contributed by atoms with Crippen LogP contribution in [0.3, 0.4) is 0 Å². The van der Waals surface area contributed by atoms with E-state index in [1.807, 2.05) is 18.2 Å². The molecule has 1 rings (SSSR count). The van der Waals surface area contributed by atoms with Crippen LogP contribution in [-0.2, 0) is 11.2 Å². The van der Waals surface area contributed by atoms with Crippen molar-refractivity contribution in [1.82, 2.24) is 10.3 Å². The number of carbonyl (C=O) groups is 1. The highest BCUT2D eigenvalue weighted by Crippen LogP contribution is 2.01. The second-order valence-electron chi connectivity index (χ2n) is 2.98. The lowest BCUT2D eigenvalue weighted by Crippen LogP contribution is -2.34. The standard InChI is InChI=1S/C10H15N3OS/c11-7-10(15-8-14)13-6-4-9-3-1-2-5-12-9/h1-3,5,8,10,13H,4,6-7,11H2. The topological polar surface area (TPSA) is 68.0 Å². The van der Waals surface area contributed by atoms with E-state index in [2.05, 4.69) is 10.3 Å². The molecule has 1 aromatic rings. The molecule has 5 heteroatoms. The van der Waals surface area contributed by atoms with Crippen LogP contribution < -0.4 is 11.1 Å². The number of rotatable bonds is 7. The third-order valence-electron chi connectivity index (χ3n) is 1.91. The molecule has 0 radical (unpaired) electrons. The Morgan fingerprint density at radius 2 is 2.47 bits per heavy atom. The summed E-state index contributed by atoms with van der Waals surface area (Å²) < 4.78 is 0. The molecular formula is C10H15N3OS. The van der Waals surface area contributed by atoms with Crippen molar-refractivity contribution in [3.05, 3.63) is 30.1 Å². The van der Waals surface area contributed by atoms with E-state index in [0.717, 1.165) is 24.3 Å². The molecule has 3 N–H and O–H groups in total. The summed E-state index contributed by atoms with van der Waals surface area (Å²) >= 11 is 1.17. The van der Waals surface area contributed by atoms with Crippen molar-refractivity contribution in [2.45, 2.75) is 11.8 Å². The molecule has 0 saturated carbocycles. The van der Waals surface area contributed by atoms with Crippen LogP contribution in [0.4, 0.5) is 0 Å². The number of nitrogens with zero attached hydrogens (tertiary/aromatic N) is 1. The highest BCUT2D eigenvalue weighted by molar-refractivity contribution is 8.12. The summed E-state index contributed by atoms with van der Waals surface area (Å²) in [5.74, 6) is 0. The molecule has 0 bridgehead atoms. The first-order chi connectivity index (χ1) is 7.36. The van der Waals surface area contributed by atoms with E-state index in [-0.39, 0.29) is 5.37 Å². The summed E-state index contributed by atoms with van der Waals surface area (Å²) in [7, 11) is 0. The maximum atomic E-state index is 10.3. The molecule has 15 heavy (non-hydrogen) atoms. The van der Waals surface area contributed by atoms with Gasteiger partial charge in [0.25, 0.3) is 0 Å². The van der Waals surface area contributed by atoms with Crippen molar-refractivity contribution >= 4 is 17.4 Å². The Hall–Kier alpha value is -0.910. The molecule has 1 unspecified atom stereocenters. The zero-order valence-corrected chi connectivity index (χ0v) is 9.24. The summed E-state index contributed by atoms with van der Waals surface area (Å²) in [6.45, 7) is 1.23. The van der Waals surface area contributed by atoms with E-state index in [9.17, 15) is 4.79 Å². The van der Waals surface area contributed by atoms with Crippen LogP contribution in [0.1, 0.15) is 5.69 Å². The summed E-state index contributed by atoms with van der Waals surface area (Å²) in [5, 5.41) is 3.19. The van der Waals surface area contributed by atoms with Gasteiger partial charge in [-0.15, -0.1) is 0 Å². The van der Waals surface area contributed by atoms with E-state index < -0.39 is 0 Å². The maximum absolute atomic E-state index is 10.3. The third-order valence-corrected chi connectivity index (χ3v) is 2.71. The van der Waals surface area contributed by atoms with Gasteiger partial charge in [0.1, 0.15) is 0 Å². The monoisotopic (exact) mass is 225 g/mol.